The largest absolute Gasteiger partial charge is 0.368 e. The quantitative estimate of drug-likeness (QED) is 0.856. The second kappa shape index (κ2) is 7.76. The lowest BCUT2D eigenvalue weighted by Gasteiger charge is -2.37. The maximum atomic E-state index is 12.0. The van der Waals surface area contributed by atoms with Gasteiger partial charge in [-0.25, -0.2) is 0 Å². The molecule has 7 heteroatoms. The van der Waals surface area contributed by atoms with Crippen molar-refractivity contribution in [2.75, 3.05) is 26.2 Å². The number of piperazine rings is 1. The number of hydrogen-bond acceptors (Lipinski definition) is 6. The highest BCUT2D eigenvalue weighted by atomic mass is 16.5. The van der Waals surface area contributed by atoms with Gasteiger partial charge in [-0.1, -0.05) is 49.3 Å². The van der Waals surface area contributed by atoms with E-state index in [4.69, 9.17) is 10.3 Å². The van der Waals surface area contributed by atoms with E-state index in [-0.39, 0.29) is 17.9 Å². The van der Waals surface area contributed by atoms with Gasteiger partial charge < -0.3 is 10.3 Å². The van der Waals surface area contributed by atoms with Crippen LogP contribution in [0, 0.1) is 0 Å². The van der Waals surface area contributed by atoms with Gasteiger partial charge in [0, 0.05) is 32.1 Å². The molecule has 1 aromatic carbocycles. The first-order valence-corrected chi connectivity index (χ1v) is 8.67. The van der Waals surface area contributed by atoms with Crippen molar-refractivity contribution in [3.8, 4) is 0 Å². The fourth-order valence-corrected chi connectivity index (χ4v) is 3.13. The zero-order valence-corrected chi connectivity index (χ0v) is 14.8. The molecular weight excluding hydrogens is 318 g/mol. The summed E-state index contributed by atoms with van der Waals surface area (Å²) in [5.41, 5.74) is 6.61. The summed E-state index contributed by atoms with van der Waals surface area (Å²) in [6.45, 7) is 7.93. The summed E-state index contributed by atoms with van der Waals surface area (Å²) in [5, 5.41) is 4.00. The lowest BCUT2D eigenvalue weighted by molar-refractivity contribution is -0.124. The molecule has 2 aromatic rings. The van der Waals surface area contributed by atoms with Crippen LogP contribution in [0.25, 0.3) is 0 Å². The number of primary amides is 1. The maximum absolute atomic E-state index is 12.0. The number of aromatic nitrogens is 2. The molecule has 134 valence electrons. The molecular formula is C18H25N5O2. The van der Waals surface area contributed by atoms with Gasteiger partial charge in [-0.2, -0.15) is 4.98 Å². The normalized spacial score (nSPS) is 17.7. The molecule has 0 aliphatic carbocycles. The van der Waals surface area contributed by atoms with Gasteiger partial charge in [0.2, 0.25) is 11.8 Å². The molecule has 1 aliphatic heterocycles. The highest BCUT2D eigenvalue weighted by molar-refractivity contribution is 5.81. The van der Waals surface area contributed by atoms with Crippen molar-refractivity contribution >= 4 is 5.91 Å². The first-order chi connectivity index (χ1) is 12.0. The monoisotopic (exact) mass is 343 g/mol. The molecule has 1 atom stereocenters. The predicted molar refractivity (Wildman–Crippen MR) is 93.6 cm³/mol. The van der Waals surface area contributed by atoms with Crippen molar-refractivity contribution < 1.29 is 9.32 Å². The van der Waals surface area contributed by atoms with Gasteiger partial charge in [0.1, 0.15) is 6.04 Å². The van der Waals surface area contributed by atoms with Crippen LogP contribution in [-0.2, 0) is 11.3 Å². The Hall–Kier alpha value is -2.25. The molecule has 0 bridgehead atoms. The van der Waals surface area contributed by atoms with Crippen LogP contribution >= 0.6 is 0 Å². The zero-order valence-electron chi connectivity index (χ0n) is 14.8. The van der Waals surface area contributed by atoms with E-state index in [1.54, 1.807) is 0 Å². The van der Waals surface area contributed by atoms with Crippen LogP contribution in [-0.4, -0.2) is 52.0 Å². The van der Waals surface area contributed by atoms with Gasteiger partial charge >= 0.3 is 0 Å². The number of hydrogen-bond donors (Lipinski definition) is 1. The summed E-state index contributed by atoms with van der Waals surface area (Å²) in [5.74, 6) is 1.34. The van der Waals surface area contributed by atoms with Gasteiger partial charge in [0.25, 0.3) is 0 Å². The lowest BCUT2D eigenvalue weighted by Crippen LogP contribution is -2.50. The Morgan fingerprint density at radius 2 is 1.88 bits per heavy atom. The standard InChI is InChI=1S/C18H25N5O2/c1-13(2)18-20-15(25-21-18)12-22-8-10-23(11-9-22)16(17(19)24)14-6-4-3-5-7-14/h3-7,13,16H,8-12H2,1-2H3,(H2,19,24). The van der Waals surface area contributed by atoms with E-state index in [0.29, 0.717) is 12.4 Å². The fraction of sp³-hybridized carbons (Fsp3) is 0.500. The summed E-state index contributed by atoms with van der Waals surface area (Å²) in [6.07, 6.45) is 0. The average molecular weight is 343 g/mol. The van der Waals surface area contributed by atoms with E-state index < -0.39 is 0 Å². The fourth-order valence-electron chi connectivity index (χ4n) is 3.13. The number of nitrogens with zero attached hydrogens (tertiary/aromatic N) is 4. The first kappa shape index (κ1) is 17.6. The molecule has 1 amide bonds. The summed E-state index contributed by atoms with van der Waals surface area (Å²) in [4.78, 5) is 20.8. The second-order valence-electron chi connectivity index (χ2n) is 6.73. The molecule has 1 unspecified atom stereocenters. The van der Waals surface area contributed by atoms with E-state index in [1.165, 1.54) is 0 Å². The molecule has 7 nitrogen and oxygen atoms in total. The number of carbonyl (C=O) groups is 1. The van der Waals surface area contributed by atoms with Crippen molar-refractivity contribution in [1.29, 1.82) is 0 Å². The molecule has 0 spiro atoms. The summed E-state index contributed by atoms with van der Waals surface area (Å²) < 4.78 is 5.32. The third-order valence-electron chi connectivity index (χ3n) is 4.52. The minimum atomic E-state index is -0.376. The molecule has 3 rings (SSSR count). The van der Waals surface area contributed by atoms with Crippen molar-refractivity contribution in [2.24, 2.45) is 5.73 Å². The van der Waals surface area contributed by atoms with Crippen LogP contribution in [0.2, 0.25) is 0 Å². The second-order valence-corrected chi connectivity index (χ2v) is 6.73. The van der Waals surface area contributed by atoms with Gasteiger partial charge in [0.05, 0.1) is 6.54 Å². The van der Waals surface area contributed by atoms with Gasteiger partial charge in [-0.15, -0.1) is 0 Å². The molecule has 2 heterocycles. The Balaban J connectivity index is 1.59. The molecule has 1 fully saturated rings. The van der Waals surface area contributed by atoms with Crippen molar-refractivity contribution in [1.82, 2.24) is 19.9 Å². The number of nitrogens with two attached hydrogens (primary N) is 1. The Morgan fingerprint density at radius 1 is 1.20 bits per heavy atom. The molecule has 2 N–H and O–H groups in total. The highest BCUT2D eigenvalue weighted by Gasteiger charge is 2.29. The maximum Gasteiger partial charge on any atom is 0.240 e. The Kier molecular flexibility index (Phi) is 5.45. The van der Waals surface area contributed by atoms with Crippen molar-refractivity contribution in [3.63, 3.8) is 0 Å². The minimum absolute atomic E-state index is 0.261. The van der Waals surface area contributed by atoms with Crippen molar-refractivity contribution in [3.05, 3.63) is 47.6 Å². The third-order valence-corrected chi connectivity index (χ3v) is 4.52. The third kappa shape index (κ3) is 4.24. The van der Waals surface area contributed by atoms with Gasteiger partial charge in [0.15, 0.2) is 5.82 Å². The van der Waals surface area contributed by atoms with E-state index in [1.807, 2.05) is 44.2 Å². The van der Waals surface area contributed by atoms with Crippen LogP contribution in [0.15, 0.2) is 34.9 Å². The number of benzene rings is 1. The minimum Gasteiger partial charge on any atom is -0.368 e. The summed E-state index contributed by atoms with van der Waals surface area (Å²) in [7, 11) is 0. The SMILES string of the molecule is CC(C)c1noc(CN2CCN(C(C(N)=O)c3ccccc3)CC2)n1. The number of rotatable bonds is 6. The topological polar surface area (TPSA) is 88.5 Å². The van der Waals surface area contributed by atoms with Crippen molar-refractivity contribution in [2.45, 2.75) is 32.4 Å². The first-order valence-electron chi connectivity index (χ1n) is 8.67. The number of carbonyl (C=O) groups excluding carboxylic acids is 1. The Morgan fingerprint density at radius 3 is 2.44 bits per heavy atom. The molecule has 25 heavy (non-hydrogen) atoms. The smallest absolute Gasteiger partial charge is 0.240 e. The molecule has 0 saturated carbocycles. The van der Waals surface area contributed by atoms with Gasteiger partial charge in [-0.3, -0.25) is 14.6 Å². The van der Waals surface area contributed by atoms with Crippen LogP contribution < -0.4 is 5.73 Å². The summed E-state index contributed by atoms with van der Waals surface area (Å²) >= 11 is 0. The Bertz CT molecular complexity index is 693. The van der Waals surface area contributed by atoms with Gasteiger partial charge in [-0.05, 0) is 5.56 Å². The average Bonchev–Trinajstić information content (AvgIpc) is 3.06. The molecule has 1 aliphatic rings. The van der Waals surface area contributed by atoms with E-state index >= 15 is 0 Å². The van der Waals surface area contributed by atoms with Crippen LogP contribution in [0.4, 0.5) is 0 Å². The van der Waals surface area contributed by atoms with E-state index in [2.05, 4.69) is 19.9 Å². The number of amides is 1. The Labute approximate surface area is 147 Å². The molecule has 1 saturated heterocycles. The van der Waals surface area contributed by atoms with E-state index in [0.717, 1.165) is 37.6 Å². The van der Waals surface area contributed by atoms with Crippen LogP contribution in [0.3, 0.4) is 0 Å². The van der Waals surface area contributed by atoms with E-state index in [9.17, 15) is 4.79 Å². The predicted octanol–water partition coefficient (Wildman–Crippen LogP) is 1.54. The highest BCUT2D eigenvalue weighted by Crippen LogP contribution is 2.22. The zero-order chi connectivity index (χ0) is 17.8. The molecule has 0 radical (unpaired) electrons. The van der Waals surface area contributed by atoms with Crippen LogP contribution in [0.5, 0.6) is 0 Å². The lowest BCUT2D eigenvalue weighted by atomic mass is 10.0. The summed E-state index contributed by atoms with van der Waals surface area (Å²) in [6, 6.07) is 9.34. The van der Waals surface area contributed by atoms with Crippen LogP contribution in [0.1, 0.15) is 43.1 Å². The molecule has 1 aromatic heterocycles.